The molecule has 5 nitrogen and oxygen atoms in total. The van der Waals surface area contributed by atoms with Crippen LogP contribution < -0.4 is 10.6 Å². The predicted octanol–water partition coefficient (Wildman–Crippen LogP) is 3.78. The summed E-state index contributed by atoms with van der Waals surface area (Å²) in [6.45, 7) is 8.47. The van der Waals surface area contributed by atoms with E-state index >= 15 is 0 Å². The zero-order valence-electron chi connectivity index (χ0n) is 16.3. The maximum Gasteiger partial charge on any atom is 0.191 e. The number of rotatable bonds is 10. The van der Waals surface area contributed by atoms with E-state index in [1.807, 2.05) is 18.5 Å². The van der Waals surface area contributed by atoms with Crippen molar-refractivity contribution in [2.45, 2.75) is 52.4 Å². The summed E-state index contributed by atoms with van der Waals surface area (Å²) in [5, 5.41) is 6.83. The lowest BCUT2D eigenvalue weighted by Crippen LogP contribution is -2.39. The summed E-state index contributed by atoms with van der Waals surface area (Å²) < 4.78 is 5.60. The Labute approximate surface area is 175 Å². The second-order valence-corrected chi connectivity index (χ2v) is 6.89. The molecular formula is C20H35IN4O. The number of hydrogen-bond donors (Lipinski definition) is 2. The summed E-state index contributed by atoms with van der Waals surface area (Å²) in [5.74, 6) is 0.925. The van der Waals surface area contributed by atoms with Gasteiger partial charge in [-0.2, -0.15) is 0 Å². The number of nitrogens with zero attached hydrogens (tertiary/aromatic N) is 2. The van der Waals surface area contributed by atoms with Gasteiger partial charge in [-0.3, -0.25) is 9.98 Å². The van der Waals surface area contributed by atoms with Gasteiger partial charge in [0.05, 0.1) is 0 Å². The molecule has 0 radical (unpaired) electrons. The summed E-state index contributed by atoms with van der Waals surface area (Å²) >= 11 is 0. The average Bonchev–Trinajstić information content (AvgIpc) is 3.10. The van der Waals surface area contributed by atoms with Gasteiger partial charge in [0.2, 0.25) is 0 Å². The molecule has 0 saturated heterocycles. The summed E-state index contributed by atoms with van der Waals surface area (Å²) in [7, 11) is 0. The van der Waals surface area contributed by atoms with Gasteiger partial charge in [0, 0.05) is 45.2 Å². The molecule has 2 N–H and O–H groups in total. The molecule has 0 spiro atoms. The molecule has 0 aliphatic heterocycles. The minimum atomic E-state index is 0. The van der Waals surface area contributed by atoms with Crippen molar-refractivity contribution >= 4 is 29.9 Å². The first-order chi connectivity index (χ1) is 12.3. The molecule has 6 heteroatoms. The van der Waals surface area contributed by atoms with Gasteiger partial charge < -0.3 is 15.4 Å². The Kier molecular flexibility index (Phi) is 11.8. The van der Waals surface area contributed by atoms with Crippen molar-refractivity contribution in [3.05, 3.63) is 30.1 Å². The van der Waals surface area contributed by atoms with Crippen LogP contribution in [0.3, 0.4) is 0 Å². The Bertz CT molecular complexity index is 504. The Balaban J connectivity index is 0.00000338. The highest BCUT2D eigenvalue weighted by atomic mass is 127. The minimum absolute atomic E-state index is 0. The first-order valence-electron chi connectivity index (χ1n) is 9.77. The minimum Gasteiger partial charge on any atom is -0.382 e. The van der Waals surface area contributed by atoms with E-state index in [4.69, 9.17) is 9.73 Å². The lowest BCUT2D eigenvalue weighted by atomic mass is 9.83. The van der Waals surface area contributed by atoms with E-state index in [1.165, 1.54) is 31.2 Å². The number of halogens is 1. The summed E-state index contributed by atoms with van der Waals surface area (Å²) in [6, 6.07) is 4.09. The lowest BCUT2D eigenvalue weighted by Gasteiger charge is -2.27. The molecule has 1 aromatic heterocycles. The topological polar surface area (TPSA) is 58.5 Å². The molecule has 0 atom stereocenters. The molecule has 1 saturated carbocycles. The average molecular weight is 474 g/mol. The molecule has 1 heterocycles. The molecule has 0 bridgehead atoms. The van der Waals surface area contributed by atoms with Crippen LogP contribution in [-0.2, 0) is 11.2 Å². The smallest absolute Gasteiger partial charge is 0.191 e. The van der Waals surface area contributed by atoms with Crippen LogP contribution >= 0.6 is 24.0 Å². The van der Waals surface area contributed by atoms with Crippen LogP contribution in [0.15, 0.2) is 29.5 Å². The van der Waals surface area contributed by atoms with Crippen LogP contribution in [-0.4, -0.2) is 43.8 Å². The van der Waals surface area contributed by atoms with Crippen molar-refractivity contribution in [2.75, 3.05) is 32.8 Å². The van der Waals surface area contributed by atoms with Gasteiger partial charge in [0.25, 0.3) is 0 Å². The van der Waals surface area contributed by atoms with Crippen LogP contribution in [0.1, 0.15) is 51.5 Å². The Hall–Kier alpha value is -0.890. The Morgan fingerprint density at radius 2 is 2.08 bits per heavy atom. The molecule has 1 aliphatic carbocycles. The SMILES string of the molecule is CCNC(=NCC1(CCOCC)CCCC1)NCCc1cccnc1.I. The molecule has 0 amide bonds. The quantitative estimate of drug-likeness (QED) is 0.235. The third-order valence-corrected chi connectivity index (χ3v) is 4.99. The third-order valence-electron chi connectivity index (χ3n) is 4.99. The highest BCUT2D eigenvalue weighted by Gasteiger charge is 2.33. The number of pyridine rings is 1. The Morgan fingerprint density at radius 1 is 1.27 bits per heavy atom. The molecule has 148 valence electrons. The fraction of sp³-hybridized carbons (Fsp3) is 0.700. The van der Waals surface area contributed by atoms with Crippen molar-refractivity contribution in [2.24, 2.45) is 10.4 Å². The zero-order chi connectivity index (χ0) is 17.8. The van der Waals surface area contributed by atoms with Crippen LogP contribution in [0.25, 0.3) is 0 Å². The van der Waals surface area contributed by atoms with E-state index in [1.54, 1.807) is 0 Å². The normalized spacial score (nSPS) is 16.2. The zero-order valence-corrected chi connectivity index (χ0v) is 18.6. The van der Waals surface area contributed by atoms with Gasteiger partial charge in [-0.15, -0.1) is 24.0 Å². The van der Waals surface area contributed by atoms with Crippen molar-refractivity contribution in [3.63, 3.8) is 0 Å². The molecule has 1 fully saturated rings. The largest absolute Gasteiger partial charge is 0.382 e. The molecular weight excluding hydrogens is 439 g/mol. The lowest BCUT2D eigenvalue weighted by molar-refractivity contribution is 0.107. The van der Waals surface area contributed by atoms with E-state index in [0.29, 0.717) is 5.41 Å². The summed E-state index contributed by atoms with van der Waals surface area (Å²) in [6.07, 6.45) is 11.0. The van der Waals surface area contributed by atoms with Gasteiger partial charge in [0.1, 0.15) is 0 Å². The molecule has 0 unspecified atom stereocenters. The third kappa shape index (κ3) is 8.20. The Morgan fingerprint density at radius 3 is 2.73 bits per heavy atom. The fourth-order valence-corrected chi connectivity index (χ4v) is 3.50. The maximum absolute atomic E-state index is 5.60. The van der Waals surface area contributed by atoms with E-state index in [-0.39, 0.29) is 24.0 Å². The number of aliphatic imine (C=N–C) groups is 1. The van der Waals surface area contributed by atoms with Crippen molar-refractivity contribution in [3.8, 4) is 0 Å². The first-order valence-corrected chi connectivity index (χ1v) is 9.77. The van der Waals surface area contributed by atoms with E-state index in [0.717, 1.165) is 51.6 Å². The first kappa shape index (κ1) is 23.1. The maximum atomic E-state index is 5.60. The van der Waals surface area contributed by atoms with Crippen LogP contribution in [0, 0.1) is 5.41 Å². The van der Waals surface area contributed by atoms with E-state index in [2.05, 4.69) is 35.5 Å². The van der Waals surface area contributed by atoms with Gasteiger partial charge in [0.15, 0.2) is 5.96 Å². The molecule has 1 aromatic rings. The van der Waals surface area contributed by atoms with E-state index < -0.39 is 0 Å². The predicted molar refractivity (Wildman–Crippen MR) is 119 cm³/mol. The van der Waals surface area contributed by atoms with Gasteiger partial charge in [-0.05, 0) is 56.6 Å². The van der Waals surface area contributed by atoms with Crippen molar-refractivity contribution in [1.82, 2.24) is 15.6 Å². The molecule has 1 aliphatic rings. The number of hydrogen-bond acceptors (Lipinski definition) is 3. The second-order valence-electron chi connectivity index (χ2n) is 6.89. The summed E-state index contributed by atoms with van der Waals surface area (Å²) in [5.41, 5.74) is 1.58. The van der Waals surface area contributed by atoms with Gasteiger partial charge in [-0.1, -0.05) is 18.9 Å². The molecule has 26 heavy (non-hydrogen) atoms. The second kappa shape index (κ2) is 13.3. The molecule has 2 rings (SSSR count). The van der Waals surface area contributed by atoms with Crippen LogP contribution in [0.5, 0.6) is 0 Å². The monoisotopic (exact) mass is 474 g/mol. The number of nitrogens with one attached hydrogen (secondary N) is 2. The van der Waals surface area contributed by atoms with E-state index in [9.17, 15) is 0 Å². The summed E-state index contributed by atoms with van der Waals surface area (Å²) in [4.78, 5) is 9.07. The van der Waals surface area contributed by atoms with Gasteiger partial charge in [-0.25, -0.2) is 0 Å². The van der Waals surface area contributed by atoms with Crippen molar-refractivity contribution in [1.29, 1.82) is 0 Å². The fourth-order valence-electron chi connectivity index (χ4n) is 3.50. The van der Waals surface area contributed by atoms with Crippen molar-refractivity contribution < 1.29 is 4.74 Å². The number of guanidine groups is 1. The number of ether oxygens (including phenoxy) is 1. The van der Waals surface area contributed by atoms with Crippen LogP contribution in [0.4, 0.5) is 0 Å². The highest BCUT2D eigenvalue weighted by Crippen LogP contribution is 2.41. The highest BCUT2D eigenvalue weighted by molar-refractivity contribution is 14.0. The standard InChI is InChI=1S/C20H34N4O.HI/c1-3-22-19(23-14-9-18-8-7-13-21-16-18)24-17-20(10-5-6-11-20)12-15-25-4-2;/h7-8,13,16H,3-6,9-12,14-15,17H2,1-2H3,(H2,22,23,24);1H. The number of aromatic nitrogens is 1. The van der Waals surface area contributed by atoms with Crippen LogP contribution in [0.2, 0.25) is 0 Å². The molecule has 0 aromatic carbocycles. The van der Waals surface area contributed by atoms with Gasteiger partial charge >= 0.3 is 0 Å².